The maximum atomic E-state index is 14.1. The van der Waals surface area contributed by atoms with Gasteiger partial charge < -0.3 is 25.8 Å². The van der Waals surface area contributed by atoms with E-state index in [1.54, 1.807) is 13.8 Å². The second-order valence-electron chi connectivity index (χ2n) is 7.16. The minimum absolute atomic E-state index is 0. The van der Waals surface area contributed by atoms with Crippen molar-refractivity contribution in [1.29, 1.82) is 0 Å². The molecule has 0 fully saturated rings. The maximum Gasteiger partial charge on any atom is 0.306 e. The van der Waals surface area contributed by atoms with E-state index < -0.39 is 29.6 Å². The van der Waals surface area contributed by atoms with Crippen LogP contribution in [0.3, 0.4) is 0 Å². The second-order valence-corrected chi connectivity index (χ2v) is 7.57. The van der Waals surface area contributed by atoms with Crippen molar-refractivity contribution >= 4 is 41.9 Å². The van der Waals surface area contributed by atoms with Crippen molar-refractivity contribution in [3.63, 3.8) is 0 Å². The summed E-state index contributed by atoms with van der Waals surface area (Å²) in [5.41, 5.74) is 5.18. The Morgan fingerprint density at radius 2 is 1.76 bits per heavy atom. The first-order valence-electron chi connectivity index (χ1n) is 9.85. The SMILES string of the molecule is CC(CCN)C(=O)O.Cc1onc(-c2c(F)cccc2Cl)c1C(=O)NCCC(C)C(=O)O.Cl. The Balaban J connectivity index is 0.000000978. The molecular weight excluding hydrogens is 480 g/mol. The van der Waals surface area contributed by atoms with Gasteiger partial charge in [-0.3, -0.25) is 14.4 Å². The molecule has 2 atom stereocenters. The smallest absolute Gasteiger partial charge is 0.306 e. The number of aromatic nitrogens is 1. The fourth-order valence-corrected chi connectivity index (χ4v) is 2.77. The van der Waals surface area contributed by atoms with Crippen molar-refractivity contribution in [3.8, 4) is 11.3 Å². The Morgan fingerprint density at radius 1 is 1.18 bits per heavy atom. The van der Waals surface area contributed by atoms with Crippen LogP contribution in [0, 0.1) is 24.6 Å². The maximum absolute atomic E-state index is 14.1. The van der Waals surface area contributed by atoms with Crippen LogP contribution in [0.1, 0.15) is 42.8 Å². The minimum Gasteiger partial charge on any atom is -0.481 e. The number of carbonyl (C=O) groups is 3. The van der Waals surface area contributed by atoms with Crippen molar-refractivity contribution in [2.24, 2.45) is 17.6 Å². The number of carboxylic acid groups (broad SMARTS) is 2. The highest BCUT2D eigenvalue weighted by Gasteiger charge is 2.25. The number of hydrogen-bond donors (Lipinski definition) is 4. The molecule has 0 aliphatic rings. The van der Waals surface area contributed by atoms with Crippen LogP contribution in [0.2, 0.25) is 5.02 Å². The van der Waals surface area contributed by atoms with Crippen LogP contribution in [0.25, 0.3) is 11.3 Å². The van der Waals surface area contributed by atoms with E-state index in [4.69, 9.17) is 32.1 Å². The zero-order chi connectivity index (χ0) is 24.4. The van der Waals surface area contributed by atoms with Gasteiger partial charge >= 0.3 is 11.9 Å². The summed E-state index contributed by atoms with van der Waals surface area (Å²) in [6, 6.07) is 4.14. The number of hydrogen-bond acceptors (Lipinski definition) is 6. The Labute approximate surface area is 201 Å². The molecule has 0 aliphatic carbocycles. The van der Waals surface area contributed by atoms with Crippen LogP contribution < -0.4 is 11.1 Å². The van der Waals surface area contributed by atoms with Crippen molar-refractivity contribution in [3.05, 3.63) is 40.4 Å². The lowest BCUT2D eigenvalue weighted by Gasteiger charge is -2.09. The Morgan fingerprint density at radius 3 is 2.24 bits per heavy atom. The number of carboxylic acids is 2. The molecule has 2 rings (SSSR count). The summed E-state index contributed by atoms with van der Waals surface area (Å²) in [6.07, 6.45) is 0.830. The van der Waals surface area contributed by atoms with Crippen LogP contribution in [-0.2, 0) is 9.59 Å². The van der Waals surface area contributed by atoms with Crippen molar-refractivity contribution < 1.29 is 33.5 Å². The molecule has 5 N–H and O–H groups in total. The lowest BCUT2D eigenvalue weighted by Crippen LogP contribution is -2.27. The van der Waals surface area contributed by atoms with Gasteiger partial charge in [0.05, 0.1) is 22.4 Å². The fraction of sp³-hybridized carbons (Fsp3) is 0.429. The first-order valence-corrected chi connectivity index (χ1v) is 10.2. The molecule has 184 valence electrons. The van der Waals surface area contributed by atoms with Crippen molar-refractivity contribution in [1.82, 2.24) is 10.5 Å². The van der Waals surface area contributed by atoms with Crippen LogP contribution >= 0.6 is 24.0 Å². The summed E-state index contributed by atoms with van der Waals surface area (Å²) in [6.45, 7) is 5.33. The zero-order valence-electron chi connectivity index (χ0n) is 18.4. The predicted octanol–water partition coefficient (Wildman–Crippen LogP) is 3.76. The number of amides is 1. The number of aliphatic carboxylic acids is 2. The molecule has 1 amide bonds. The van der Waals surface area contributed by atoms with Gasteiger partial charge in [-0.05, 0) is 38.4 Å². The molecule has 0 spiro atoms. The minimum atomic E-state index is -0.941. The summed E-state index contributed by atoms with van der Waals surface area (Å²) in [5.74, 6) is -3.52. The number of nitrogens with zero attached hydrogens (tertiary/aromatic N) is 1. The summed E-state index contributed by atoms with van der Waals surface area (Å²) < 4.78 is 19.1. The normalized spacial score (nSPS) is 11.9. The largest absolute Gasteiger partial charge is 0.481 e. The van der Waals surface area contributed by atoms with Gasteiger partial charge in [0.1, 0.15) is 22.8 Å². The van der Waals surface area contributed by atoms with E-state index in [2.05, 4.69) is 10.5 Å². The van der Waals surface area contributed by atoms with E-state index in [1.165, 1.54) is 25.1 Å². The summed E-state index contributed by atoms with van der Waals surface area (Å²) in [7, 11) is 0. The molecule has 33 heavy (non-hydrogen) atoms. The number of carbonyl (C=O) groups excluding carboxylic acids is 1. The van der Waals surface area contributed by atoms with Gasteiger partial charge in [0.2, 0.25) is 0 Å². The third-order valence-corrected chi connectivity index (χ3v) is 4.91. The van der Waals surface area contributed by atoms with Gasteiger partial charge in [-0.25, -0.2) is 4.39 Å². The zero-order valence-corrected chi connectivity index (χ0v) is 20.0. The lowest BCUT2D eigenvalue weighted by atomic mass is 10.0. The van der Waals surface area contributed by atoms with Gasteiger partial charge in [0, 0.05) is 6.54 Å². The van der Waals surface area contributed by atoms with Gasteiger partial charge in [-0.1, -0.05) is 36.7 Å². The molecule has 0 saturated heterocycles. The summed E-state index contributed by atoms with van der Waals surface area (Å²) in [5, 5.41) is 23.5. The number of aryl methyl sites for hydroxylation is 1. The highest BCUT2D eigenvalue weighted by Crippen LogP contribution is 2.33. The monoisotopic (exact) mass is 507 g/mol. The van der Waals surface area contributed by atoms with E-state index in [9.17, 15) is 18.8 Å². The molecule has 1 aromatic heterocycles. The van der Waals surface area contributed by atoms with Crippen LogP contribution in [0.15, 0.2) is 22.7 Å². The highest BCUT2D eigenvalue weighted by molar-refractivity contribution is 6.33. The standard InChI is InChI=1S/C16H16ClFN2O4.C5H11NO2.ClH/c1-8(16(22)23)6-7-19-15(21)12-9(2)24-20-14(12)13-10(17)4-3-5-11(13)18;1-4(2-3-6)5(7)8;/h3-5,8H,6-7H2,1-2H3,(H,19,21)(H,22,23);4H,2-3,6H2,1H3,(H,7,8);1H. The van der Waals surface area contributed by atoms with Gasteiger partial charge in [0.15, 0.2) is 0 Å². The molecule has 1 heterocycles. The number of rotatable bonds is 9. The van der Waals surface area contributed by atoms with Gasteiger partial charge in [-0.2, -0.15) is 0 Å². The van der Waals surface area contributed by atoms with Gasteiger partial charge in [0.25, 0.3) is 5.91 Å². The third-order valence-electron chi connectivity index (χ3n) is 4.60. The number of nitrogens with one attached hydrogen (secondary N) is 1. The Hall–Kier alpha value is -2.69. The predicted molar refractivity (Wildman–Crippen MR) is 123 cm³/mol. The van der Waals surface area contributed by atoms with E-state index >= 15 is 0 Å². The third kappa shape index (κ3) is 8.99. The molecule has 0 saturated carbocycles. The number of benzene rings is 1. The highest BCUT2D eigenvalue weighted by atomic mass is 35.5. The molecule has 2 unspecified atom stereocenters. The van der Waals surface area contributed by atoms with E-state index in [0.717, 1.165) is 0 Å². The molecule has 0 aliphatic heterocycles. The molecule has 1 aromatic carbocycles. The quantitative estimate of drug-likeness (QED) is 0.399. The molecule has 0 bridgehead atoms. The second kappa shape index (κ2) is 14.5. The van der Waals surface area contributed by atoms with E-state index in [0.29, 0.717) is 13.0 Å². The van der Waals surface area contributed by atoms with Crippen LogP contribution in [-0.4, -0.2) is 46.3 Å². The van der Waals surface area contributed by atoms with Crippen LogP contribution in [0.4, 0.5) is 4.39 Å². The molecule has 2 aromatic rings. The number of nitrogens with two attached hydrogens (primary N) is 1. The van der Waals surface area contributed by atoms with Crippen molar-refractivity contribution in [2.45, 2.75) is 33.6 Å². The lowest BCUT2D eigenvalue weighted by molar-refractivity contribution is -0.142. The Bertz CT molecular complexity index is 934. The van der Waals surface area contributed by atoms with E-state index in [1.807, 2.05) is 0 Å². The van der Waals surface area contributed by atoms with E-state index in [-0.39, 0.29) is 58.9 Å². The number of halogens is 3. The molecule has 9 nitrogen and oxygen atoms in total. The average Bonchev–Trinajstić information content (AvgIpc) is 3.09. The average molecular weight is 508 g/mol. The summed E-state index contributed by atoms with van der Waals surface area (Å²) >= 11 is 6.01. The van der Waals surface area contributed by atoms with Gasteiger partial charge in [-0.15, -0.1) is 12.4 Å². The molecule has 12 heteroatoms. The fourth-order valence-electron chi connectivity index (χ4n) is 2.52. The first-order chi connectivity index (χ1) is 15.0. The Kier molecular flexibility index (Phi) is 13.3. The first kappa shape index (κ1) is 30.3. The van der Waals surface area contributed by atoms with Crippen LogP contribution in [0.5, 0.6) is 0 Å². The topological polar surface area (TPSA) is 156 Å². The molecular formula is C21H28Cl2FN3O6. The molecule has 0 radical (unpaired) electrons. The van der Waals surface area contributed by atoms with Crippen molar-refractivity contribution in [2.75, 3.05) is 13.1 Å². The summed E-state index contributed by atoms with van der Waals surface area (Å²) in [4.78, 5) is 33.2.